The molecule has 0 bridgehead atoms. The van der Waals surface area contributed by atoms with E-state index in [-0.39, 0.29) is 13.2 Å². The van der Waals surface area contributed by atoms with Crippen molar-refractivity contribution in [2.24, 2.45) is 0 Å². The number of aliphatic hydroxyl groups is 16. The molecule has 5 aliphatic rings. The highest BCUT2D eigenvalue weighted by Gasteiger charge is 2.56. The Morgan fingerprint density at radius 2 is 0.529 bits per heavy atom. The zero-order valence-electron chi connectivity index (χ0n) is 49.6. The highest BCUT2D eigenvalue weighted by atomic mass is 16.8. The van der Waals surface area contributed by atoms with Crippen LogP contribution < -0.4 is 0 Å². The first-order chi connectivity index (χ1) is 41.0. The summed E-state index contributed by atoms with van der Waals surface area (Å²) < 4.78 is 69.6. The van der Waals surface area contributed by atoms with Crippen LogP contribution in [-0.4, -0.2) is 301 Å². The van der Waals surface area contributed by atoms with Crippen LogP contribution in [0, 0.1) is 0 Å². The van der Waals surface area contributed by atoms with E-state index in [0.717, 1.165) is 38.5 Å². The van der Waals surface area contributed by atoms with E-state index in [9.17, 15) is 81.7 Å². The minimum atomic E-state index is -2.13. The number of aliphatic hydroxyl groups excluding tert-OH is 16. The van der Waals surface area contributed by atoms with Crippen LogP contribution in [0.1, 0.15) is 142 Å². The van der Waals surface area contributed by atoms with E-state index >= 15 is 0 Å². The molecule has 16 N–H and O–H groups in total. The van der Waals surface area contributed by atoms with E-state index in [1.54, 1.807) is 0 Å². The molecule has 25 atom stereocenters. The molecule has 0 spiro atoms. The van der Waals surface area contributed by atoms with Crippen molar-refractivity contribution in [3.63, 3.8) is 0 Å². The van der Waals surface area contributed by atoms with Gasteiger partial charge in [-0.05, 0) is 12.8 Å². The van der Waals surface area contributed by atoms with Crippen molar-refractivity contribution in [3.8, 4) is 0 Å². The summed E-state index contributed by atoms with van der Waals surface area (Å²) in [5.41, 5.74) is 0. The maximum absolute atomic E-state index is 11.5. The van der Waals surface area contributed by atoms with Gasteiger partial charge < -0.3 is 139 Å². The number of hydrogen-bond acceptors (Lipinski definition) is 28. The van der Waals surface area contributed by atoms with Crippen molar-refractivity contribution in [2.75, 3.05) is 59.5 Å². The number of unbranched alkanes of at least 4 members (excludes halogenated alkanes) is 18. The summed E-state index contributed by atoms with van der Waals surface area (Å²) in [5, 5.41) is 172. The largest absolute Gasteiger partial charge is 0.394 e. The van der Waals surface area contributed by atoms with Crippen LogP contribution in [0.4, 0.5) is 0 Å². The zero-order chi connectivity index (χ0) is 62.0. The minimum absolute atomic E-state index is 0.0823. The Morgan fingerprint density at radius 3 is 0.824 bits per heavy atom. The van der Waals surface area contributed by atoms with Crippen LogP contribution in [0.5, 0.6) is 0 Å². The van der Waals surface area contributed by atoms with Gasteiger partial charge in [-0.1, -0.05) is 129 Å². The second-order valence-corrected chi connectivity index (χ2v) is 23.2. The first-order valence-corrected chi connectivity index (χ1v) is 31.2. The van der Waals surface area contributed by atoms with Gasteiger partial charge in [0.05, 0.1) is 46.2 Å². The van der Waals surface area contributed by atoms with Crippen molar-refractivity contribution < 1.29 is 139 Å². The molecular weight excluding hydrogens is 1130 g/mol. The fraction of sp³-hybridized carbons (Fsp3) is 1.00. The summed E-state index contributed by atoms with van der Waals surface area (Å²) in [4.78, 5) is 0. The second kappa shape index (κ2) is 40.0. The van der Waals surface area contributed by atoms with Crippen LogP contribution in [0.3, 0.4) is 0 Å². The highest BCUT2D eigenvalue weighted by Crippen LogP contribution is 2.36. The predicted molar refractivity (Wildman–Crippen MR) is 294 cm³/mol. The van der Waals surface area contributed by atoms with Gasteiger partial charge in [0.2, 0.25) is 0 Å². The standard InChI is InChI=1S/C57H106O28/c1-3-5-7-9-11-13-15-17-19-21-23-74-30-32(31-75-24-22-20-18-16-14-12-10-8-6-4-2)76-53-45(70)40(65)49(34(26-59)78-53)83-55-47(72)42(67)51(36(28-61)80-55)85-57-48(73)43(68)52(37(29-62)81-57)84-56-46(71)41(66)50(35(27-60)79-56)82-54-44(69)39(64)38(63)33(25-58)77-54/h32-73H,3-31H2,1-2H3/t33-,34-,35-,36-,37-,38-,39+,40-,41-,42-,43-,44-,45-,46-,47-,48-,49-,50-,51-,52-,53-,54+,55+,56+,57+/m1/s1. The lowest BCUT2D eigenvalue weighted by Crippen LogP contribution is -2.68. The molecule has 5 saturated heterocycles. The molecule has 28 heteroatoms. The summed E-state index contributed by atoms with van der Waals surface area (Å²) in [6, 6.07) is 0. The maximum Gasteiger partial charge on any atom is 0.187 e. The van der Waals surface area contributed by atoms with E-state index in [0.29, 0.717) is 13.2 Å². The molecule has 28 nitrogen and oxygen atoms in total. The molecule has 0 aromatic carbocycles. The first kappa shape index (κ1) is 74.6. The molecule has 0 amide bonds. The van der Waals surface area contributed by atoms with Gasteiger partial charge in [0.1, 0.15) is 128 Å². The Bertz CT molecular complexity index is 1680. The monoisotopic (exact) mass is 1240 g/mol. The molecular formula is C57H106O28. The van der Waals surface area contributed by atoms with Crippen LogP contribution in [0.2, 0.25) is 0 Å². The molecule has 0 aromatic heterocycles. The van der Waals surface area contributed by atoms with Crippen molar-refractivity contribution in [1.82, 2.24) is 0 Å². The fourth-order valence-electron chi connectivity index (χ4n) is 11.3. The predicted octanol–water partition coefficient (Wildman–Crippen LogP) is -2.66. The molecule has 85 heavy (non-hydrogen) atoms. The van der Waals surface area contributed by atoms with Crippen LogP contribution in [0.25, 0.3) is 0 Å². The van der Waals surface area contributed by atoms with Crippen LogP contribution >= 0.6 is 0 Å². The van der Waals surface area contributed by atoms with Gasteiger partial charge in [-0.2, -0.15) is 0 Å². The summed E-state index contributed by atoms with van der Waals surface area (Å²) in [7, 11) is 0. The van der Waals surface area contributed by atoms with Gasteiger partial charge in [-0.15, -0.1) is 0 Å². The lowest BCUT2D eigenvalue weighted by Gasteiger charge is -2.49. The lowest BCUT2D eigenvalue weighted by atomic mass is 9.95. The van der Waals surface area contributed by atoms with Gasteiger partial charge in [0.25, 0.3) is 0 Å². The van der Waals surface area contributed by atoms with Crippen molar-refractivity contribution in [2.45, 2.75) is 302 Å². The average Bonchev–Trinajstić information content (AvgIpc) is 3.69. The normalized spacial score (nSPS) is 39.2. The fourth-order valence-corrected chi connectivity index (χ4v) is 11.3. The number of rotatable bonds is 41. The summed E-state index contributed by atoms with van der Waals surface area (Å²) in [6.45, 7) is 1.04. The Balaban J connectivity index is 1.14. The minimum Gasteiger partial charge on any atom is -0.394 e. The van der Waals surface area contributed by atoms with Crippen LogP contribution in [0.15, 0.2) is 0 Å². The third-order valence-corrected chi connectivity index (χ3v) is 16.5. The maximum atomic E-state index is 11.5. The molecule has 0 aromatic rings. The molecule has 502 valence electrons. The molecule has 0 saturated carbocycles. The topological polar surface area (TPSA) is 434 Å². The summed E-state index contributed by atoms with van der Waals surface area (Å²) >= 11 is 0. The Kier molecular flexibility index (Phi) is 35.1. The average molecular weight is 1240 g/mol. The van der Waals surface area contributed by atoms with Gasteiger partial charge in [-0.3, -0.25) is 0 Å². The molecule has 0 unspecified atom stereocenters. The van der Waals surface area contributed by atoms with Gasteiger partial charge in [0, 0.05) is 13.2 Å². The van der Waals surface area contributed by atoms with Crippen molar-refractivity contribution >= 4 is 0 Å². The van der Waals surface area contributed by atoms with Gasteiger partial charge in [-0.25, -0.2) is 0 Å². The first-order valence-electron chi connectivity index (χ1n) is 31.2. The number of ether oxygens (including phenoxy) is 12. The second-order valence-electron chi connectivity index (χ2n) is 23.2. The molecule has 0 aliphatic carbocycles. The summed E-state index contributed by atoms with van der Waals surface area (Å²) in [5.74, 6) is 0. The molecule has 5 rings (SSSR count). The summed E-state index contributed by atoms with van der Waals surface area (Å²) in [6.07, 6.45) is -22.9. The molecule has 5 aliphatic heterocycles. The lowest BCUT2D eigenvalue weighted by molar-refractivity contribution is -0.394. The third-order valence-electron chi connectivity index (χ3n) is 16.5. The van der Waals surface area contributed by atoms with Crippen LogP contribution in [-0.2, 0) is 56.8 Å². The van der Waals surface area contributed by atoms with E-state index in [4.69, 9.17) is 56.8 Å². The van der Waals surface area contributed by atoms with E-state index in [1.807, 2.05) is 0 Å². The molecule has 5 fully saturated rings. The Morgan fingerprint density at radius 1 is 0.282 bits per heavy atom. The smallest absolute Gasteiger partial charge is 0.187 e. The van der Waals surface area contributed by atoms with Gasteiger partial charge >= 0.3 is 0 Å². The zero-order valence-corrected chi connectivity index (χ0v) is 49.6. The van der Waals surface area contributed by atoms with E-state index < -0.39 is 193 Å². The Labute approximate surface area is 498 Å². The molecule has 5 heterocycles. The third kappa shape index (κ3) is 22.0. The Hall–Kier alpha value is -1.12. The highest BCUT2D eigenvalue weighted by molar-refractivity contribution is 4.99. The molecule has 0 radical (unpaired) electrons. The SMILES string of the molecule is CCCCCCCCCCCCOCC(COCCCCCCCCCCCC)O[C@@H]1O[C@H](CO)[C@@H](O[C@@H]2O[C@H](CO)[C@@H](O[C@@H]3O[C@H](CO)[C@@H](O[C@@H]4O[C@H](CO)[C@@H](O[C@@H]5O[C@H](CO)[C@@H](O)[C@H](O)[C@H]5O)[C@H](O)[C@H]4O)[C@H](O)[C@H]3O)[C@H](O)[C@H]2O)[C@H](O)[C@H]1O. The number of hydrogen-bond donors (Lipinski definition) is 16. The van der Waals surface area contributed by atoms with E-state index in [1.165, 1.54) is 89.9 Å². The van der Waals surface area contributed by atoms with Gasteiger partial charge in [0.15, 0.2) is 31.5 Å². The van der Waals surface area contributed by atoms with Crippen molar-refractivity contribution in [1.29, 1.82) is 0 Å². The van der Waals surface area contributed by atoms with Crippen molar-refractivity contribution in [3.05, 3.63) is 0 Å². The quantitative estimate of drug-likeness (QED) is 0.0278. The van der Waals surface area contributed by atoms with E-state index in [2.05, 4.69) is 13.8 Å².